The number of nitrogens with zero attached hydrogens (tertiary/aromatic N) is 4. The van der Waals surface area contributed by atoms with Crippen molar-refractivity contribution in [3.8, 4) is 0 Å². The van der Waals surface area contributed by atoms with E-state index in [4.69, 9.17) is 0 Å². The molecular weight excluding hydrogens is 338 g/mol. The van der Waals surface area contributed by atoms with E-state index in [0.29, 0.717) is 18.2 Å². The molecule has 0 fully saturated rings. The van der Waals surface area contributed by atoms with Gasteiger partial charge in [0.1, 0.15) is 0 Å². The van der Waals surface area contributed by atoms with Crippen LogP contribution in [-0.2, 0) is 35.8 Å². The third-order valence-corrected chi connectivity index (χ3v) is 4.93. The summed E-state index contributed by atoms with van der Waals surface area (Å²) in [6.45, 7) is 5.50. The van der Waals surface area contributed by atoms with Crippen LogP contribution < -0.4 is 9.62 Å². The van der Waals surface area contributed by atoms with E-state index in [1.165, 1.54) is 6.26 Å². The van der Waals surface area contributed by atoms with Gasteiger partial charge in [-0.05, 0) is 36.5 Å². The fraction of sp³-hybridized carbons (Fsp3) is 0.471. The second-order valence-corrected chi connectivity index (χ2v) is 7.95. The minimum atomic E-state index is -3.29. The van der Waals surface area contributed by atoms with Gasteiger partial charge in [-0.3, -0.25) is 4.72 Å². The number of anilines is 2. The molecule has 0 unspecified atom stereocenters. The van der Waals surface area contributed by atoms with Gasteiger partial charge in [0.15, 0.2) is 0 Å². The predicted molar refractivity (Wildman–Crippen MR) is 98.2 cm³/mol. The highest BCUT2D eigenvalue weighted by Gasteiger charge is 2.22. The van der Waals surface area contributed by atoms with Crippen molar-refractivity contribution in [2.24, 2.45) is 0 Å². The average molecular weight is 361 g/mol. The first kappa shape index (κ1) is 17.6. The first-order valence-corrected chi connectivity index (χ1v) is 10.4. The van der Waals surface area contributed by atoms with Crippen molar-refractivity contribution in [1.82, 2.24) is 15.2 Å². The molecule has 134 valence electrons. The SMILES string of the molecule is CCc1nnc(N2CCc3c(cccc3NS(C)(=O)=O)C2)nc1CC. The highest BCUT2D eigenvalue weighted by atomic mass is 32.2. The van der Waals surface area contributed by atoms with Gasteiger partial charge in [0, 0.05) is 13.1 Å². The molecule has 1 aromatic heterocycles. The Morgan fingerprint density at radius 3 is 2.60 bits per heavy atom. The molecule has 1 N–H and O–H groups in total. The molecule has 0 saturated carbocycles. The van der Waals surface area contributed by atoms with Gasteiger partial charge in [0.05, 0.1) is 23.3 Å². The van der Waals surface area contributed by atoms with Crippen molar-refractivity contribution < 1.29 is 8.42 Å². The molecule has 0 amide bonds. The zero-order chi connectivity index (χ0) is 18.0. The number of fused-ring (bicyclic) bond motifs is 1. The van der Waals surface area contributed by atoms with Gasteiger partial charge in [-0.2, -0.15) is 5.10 Å². The summed E-state index contributed by atoms with van der Waals surface area (Å²) in [5.74, 6) is 0.640. The van der Waals surface area contributed by atoms with Crippen LogP contribution in [0.4, 0.5) is 11.6 Å². The van der Waals surface area contributed by atoms with Crippen LogP contribution in [0.3, 0.4) is 0 Å². The van der Waals surface area contributed by atoms with Crippen LogP contribution in [0.5, 0.6) is 0 Å². The number of rotatable bonds is 5. The van der Waals surface area contributed by atoms with Gasteiger partial charge in [-0.25, -0.2) is 13.4 Å². The van der Waals surface area contributed by atoms with Gasteiger partial charge in [-0.15, -0.1) is 5.10 Å². The lowest BCUT2D eigenvalue weighted by Gasteiger charge is -2.30. The van der Waals surface area contributed by atoms with Gasteiger partial charge in [0.2, 0.25) is 16.0 Å². The number of aryl methyl sites for hydroxylation is 2. The number of sulfonamides is 1. The van der Waals surface area contributed by atoms with E-state index >= 15 is 0 Å². The molecule has 8 heteroatoms. The fourth-order valence-electron chi connectivity index (χ4n) is 3.14. The van der Waals surface area contributed by atoms with Crippen molar-refractivity contribution >= 4 is 21.7 Å². The van der Waals surface area contributed by atoms with Gasteiger partial charge < -0.3 is 4.90 Å². The van der Waals surface area contributed by atoms with E-state index in [9.17, 15) is 8.42 Å². The molecule has 25 heavy (non-hydrogen) atoms. The van der Waals surface area contributed by atoms with Crippen LogP contribution in [0.1, 0.15) is 36.4 Å². The van der Waals surface area contributed by atoms with Gasteiger partial charge >= 0.3 is 0 Å². The molecule has 0 radical (unpaired) electrons. The topological polar surface area (TPSA) is 88.1 Å². The summed E-state index contributed by atoms with van der Waals surface area (Å²) < 4.78 is 25.7. The van der Waals surface area contributed by atoms with Crippen LogP contribution in [0.15, 0.2) is 18.2 Å². The van der Waals surface area contributed by atoms with Crippen LogP contribution in [0.2, 0.25) is 0 Å². The summed E-state index contributed by atoms with van der Waals surface area (Å²) >= 11 is 0. The van der Waals surface area contributed by atoms with Crippen LogP contribution in [-0.4, -0.2) is 36.4 Å². The highest BCUT2D eigenvalue weighted by molar-refractivity contribution is 7.92. The van der Waals surface area contributed by atoms with Gasteiger partial charge in [0.25, 0.3) is 0 Å². The van der Waals surface area contributed by atoms with Crippen LogP contribution >= 0.6 is 0 Å². The molecule has 7 nitrogen and oxygen atoms in total. The van der Waals surface area contributed by atoms with Gasteiger partial charge in [-0.1, -0.05) is 26.0 Å². The molecular formula is C17H23N5O2S. The largest absolute Gasteiger partial charge is 0.335 e. The van der Waals surface area contributed by atoms with Crippen LogP contribution in [0, 0.1) is 0 Å². The van der Waals surface area contributed by atoms with E-state index in [0.717, 1.165) is 48.3 Å². The molecule has 3 rings (SSSR count). The Bertz CT molecular complexity index is 883. The Labute approximate surface area is 148 Å². The van der Waals surface area contributed by atoms with Crippen molar-refractivity contribution in [2.45, 2.75) is 39.7 Å². The van der Waals surface area contributed by atoms with E-state index in [1.54, 1.807) is 6.07 Å². The quantitative estimate of drug-likeness (QED) is 0.875. The maximum absolute atomic E-state index is 11.6. The predicted octanol–water partition coefficient (Wildman–Crippen LogP) is 1.93. The number of hydrogen-bond acceptors (Lipinski definition) is 6. The Hall–Kier alpha value is -2.22. The molecule has 1 aliphatic heterocycles. The lowest BCUT2D eigenvalue weighted by molar-refractivity contribution is 0.606. The standard InChI is InChI=1S/C17H23N5O2S/c1-4-14-15(5-2)19-20-17(18-14)22-10-9-13-12(11-22)7-6-8-16(13)21-25(3,23)24/h6-8,21H,4-5,9-11H2,1-3H3. The highest BCUT2D eigenvalue weighted by Crippen LogP contribution is 2.28. The molecule has 1 aromatic carbocycles. The molecule has 1 aliphatic rings. The Kier molecular flexibility index (Phi) is 4.89. The van der Waals surface area contributed by atoms with Crippen LogP contribution in [0.25, 0.3) is 0 Å². The first-order valence-electron chi connectivity index (χ1n) is 8.47. The lowest BCUT2D eigenvalue weighted by Crippen LogP contribution is -2.33. The second kappa shape index (κ2) is 6.95. The van der Waals surface area contributed by atoms with Crippen molar-refractivity contribution in [1.29, 1.82) is 0 Å². The van der Waals surface area contributed by atoms with E-state index < -0.39 is 10.0 Å². The summed E-state index contributed by atoms with van der Waals surface area (Å²) in [7, 11) is -3.29. The minimum absolute atomic E-state index is 0.640. The Morgan fingerprint density at radius 1 is 1.16 bits per heavy atom. The summed E-state index contributed by atoms with van der Waals surface area (Å²) in [5.41, 5.74) is 4.72. The van der Waals surface area contributed by atoms with E-state index in [-0.39, 0.29) is 0 Å². The number of benzene rings is 1. The minimum Gasteiger partial charge on any atom is -0.335 e. The maximum atomic E-state index is 11.6. The van der Waals surface area contributed by atoms with E-state index in [1.807, 2.05) is 12.1 Å². The molecule has 0 aliphatic carbocycles. The Morgan fingerprint density at radius 2 is 1.92 bits per heavy atom. The summed E-state index contributed by atoms with van der Waals surface area (Å²) in [5, 5.41) is 8.61. The zero-order valence-corrected chi connectivity index (χ0v) is 15.6. The monoisotopic (exact) mass is 361 g/mol. The fourth-order valence-corrected chi connectivity index (χ4v) is 3.73. The molecule has 0 saturated heterocycles. The zero-order valence-electron chi connectivity index (χ0n) is 14.8. The molecule has 2 aromatic rings. The first-order chi connectivity index (χ1) is 11.9. The third kappa shape index (κ3) is 3.89. The lowest BCUT2D eigenvalue weighted by atomic mass is 9.98. The van der Waals surface area contributed by atoms with Crippen molar-refractivity contribution in [2.75, 3.05) is 22.4 Å². The summed E-state index contributed by atoms with van der Waals surface area (Å²) in [6.07, 6.45) is 3.56. The van der Waals surface area contributed by atoms with E-state index in [2.05, 4.69) is 38.7 Å². The maximum Gasteiger partial charge on any atom is 0.245 e. The normalized spacial score (nSPS) is 14.3. The third-order valence-electron chi connectivity index (χ3n) is 4.34. The van der Waals surface area contributed by atoms with Crippen molar-refractivity contribution in [3.63, 3.8) is 0 Å². The summed E-state index contributed by atoms with van der Waals surface area (Å²) in [6, 6.07) is 5.69. The summed E-state index contributed by atoms with van der Waals surface area (Å²) in [4.78, 5) is 6.78. The Balaban J connectivity index is 1.88. The molecule has 0 spiro atoms. The van der Waals surface area contributed by atoms with Crippen molar-refractivity contribution in [3.05, 3.63) is 40.7 Å². The molecule has 0 atom stereocenters. The number of hydrogen-bond donors (Lipinski definition) is 1. The second-order valence-electron chi connectivity index (χ2n) is 6.20. The molecule has 0 bridgehead atoms. The average Bonchev–Trinajstić information content (AvgIpc) is 2.59. The number of aromatic nitrogens is 3. The molecule has 2 heterocycles. The smallest absolute Gasteiger partial charge is 0.245 e. The number of nitrogens with one attached hydrogen (secondary N) is 1.